The Morgan fingerprint density at radius 2 is 2.25 bits per heavy atom. The van der Waals surface area contributed by atoms with Crippen molar-refractivity contribution in [2.45, 2.75) is 29.6 Å². The summed E-state index contributed by atoms with van der Waals surface area (Å²) in [6, 6.07) is 8.77. The predicted octanol–water partition coefficient (Wildman–Crippen LogP) is 2.01. The lowest BCUT2D eigenvalue weighted by atomic mass is 10.1. The third kappa shape index (κ3) is 3.55. The zero-order valence-electron chi connectivity index (χ0n) is 12.2. The van der Waals surface area contributed by atoms with E-state index in [1.807, 2.05) is 11.8 Å². The summed E-state index contributed by atoms with van der Waals surface area (Å²) in [5.74, 6) is 0. The highest BCUT2D eigenvalue weighted by molar-refractivity contribution is 8.00. The molecule has 3 nitrogen and oxygen atoms in total. The lowest BCUT2D eigenvalue weighted by Crippen LogP contribution is -2.47. The fourth-order valence-electron chi connectivity index (χ4n) is 2.96. The van der Waals surface area contributed by atoms with Crippen molar-refractivity contribution in [3.8, 4) is 0 Å². The normalized spacial score (nSPS) is 26.6. The largest absolute Gasteiger partial charge is 0.374 e. The van der Waals surface area contributed by atoms with Crippen molar-refractivity contribution in [3.63, 3.8) is 0 Å². The van der Waals surface area contributed by atoms with Gasteiger partial charge in [0.05, 0.1) is 12.7 Å². The van der Waals surface area contributed by atoms with E-state index in [0.717, 1.165) is 39.3 Å². The summed E-state index contributed by atoms with van der Waals surface area (Å²) in [6.07, 6.45) is 1.55. The molecule has 2 atom stereocenters. The molecule has 0 saturated carbocycles. The molecule has 1 fully saturated rings. The van der Waals surface area contributed by atoms with E-state index < -0.39 is 0 Å². The summed E-state index contributed by atoms with van der Waals surface area (Å²) in [5, 5.41) is 4.28. The van der Waals surface area contributed by atoms with Crippen LogP contribution in [0.15, 0.2) is 29.2 Å². The summed E-state index contributed by atoms with van der Waals surface area (Å²) >= 11 is 2.01. The van der Waals surface area contributed by atoms with Gasteiger partial charge >= 0.3 is 0 Å². The number of morpholine rings is 1. The first-order chi connectivity index (χ1) is 9.85. The minimum absolute atomic E-state index is 0.359. The van der Waals surface area contributed by atoms with Crippen LogP contribution in [0.3, 0.4) is 0 Å². The molecule has 0 aliphatic carbocycles. The van der Waals surface area contributed by atoms with Gasteiger partial charge in [-0.25, -0.2) is 0 Å². The maximum absolute atomic E-state index is 5.83. The van der Waals surface area contributed by atoms with Gasteiger partial charge in [0.15, 0.2) is 0 Å². The fraction of sp³-hybridized carbons (Fsp3) is 0.625. The second-order valence-electron chi connectivity index (χ2n) is 5.60. The van der Waals surface area contributed by atoms with Gasteiger partial charge < -0.3 is 10.1 Å². The van der Waals surface area contributed by atoms with Crippen LogP contribution in [0.25, 0.3) is 0 Å². The monoisotopic (exact) mass is 292 g/mol. The maximum Gasteiger partial charge on any atom is 0.0826 e. The van der Waals surface area contributed by atoms with Gasteiger partial charge in [-0.15, -0.1) is 11.8 Å². The summed E-state index contributed by atoms with van der Waals surface area (Å²) in [5.41, 5.74) is 1.51. The Balaban J connectivity index is 1.39. The summed E-state index contributed by atoms with van der Waals surface area (Å²) in [6.45, 7) is 8.44. The number of benzene rings is 1. The third-order valence-electron chi connectivity index (χ3n) is 4.13. The van der Waals surface area contributed by atoms with E-state index in [4.69, 9.17) is 4.74 Å². The number of ether oxygens (including phenoxy) is 1. The quantitative estimate of drug-likeness (QED) is 0.897. The minimum atomic E-state index is 0.359. The summed E-state index contributed by atoms with van der Waals surface area (Å²) in [7, 11) is 0. The van der Waals surface area contributed by atoms with Crippen molar-refractivity contribution in [2.75, 3.05) is 39.3 Å². The van der Waals surface area contributed by atoms with Crippen molar-refractivity contribution in [3.05, 3.63) is 29.8 Å². The Bertz CT molecular complexity index is 415. The van der Waals surface area contributed by atoms with Crippen LogP contribution in [0.2, 0.25) is 0 Å². The molecule has 0 aromatic heterocycles. The molecule has 0 spiro atoms. The number of thioether (sulfide) groups is 1. The van der Waals surface area contributed by atoms with Crippen LogP contribution < -0.4 is 5.32 Å². The predicted molar refractivity (Wildman–Crippen MR) is 84.5 cm³/mol. The van der Waals surface area contributed by atoms with Crippen molar-refractivity contribution in [2.24, 2.45) is 0 Å². The first-order valence-corrected chi connectivity index (χ1v) is 8.52. The molecule has 1 N–H and O–H groups in total. The number of hydrogen-bond acceptors (Lipinski definition) is 4. The number of fused-ring (bicyclic) bond motifs is 1. The molecule has 1 aromatic carbocycles. The highest BCUT2D eigenvalue weighted by Gasteiger charge is 2.23. The molecule has 1 aromatic rings. The van der Waals surface area contributed by atoms with Crippen molar-refractivity contribution < 1.29 is 4.74 Å². The van der Waals surface area contributed by atoms with Crippen LogP contribution in [0.1, 0.15) is 12.5 Å². The lowest BCUT2D eigenvalue weighted by molar-refractivity contribution is -0.0251. The molecule has 3 rings (SSSR count). The van der Waals surface area contributed by atoms with Gasteiger partial charge in [-0.1, -0.05) is 25.1 Å². The highest BCUT2D eigenvalue weighted by atomic mass is 32.2. The average Bonchev–Trinajstić information content (AvgIpc) is 2.90. The summed E-state index contributed by atoms with van der Waals surface area (Å²) in [4.78, 5) is 3.93. The molecule has 2 heterocycles. The molecule has 4 heteroatoms. The topological polar surface area (TPSA) is 24.5 Å². The van der Waals surface area contributed by atoms with Gasteiger partial charge in [0, 0.05) is 36.3 Å². The Labute approximate surface area is 126 Å². The van der Waals surface area contributed by atoms with E-state index in [0.29, 0.717) is 11.4 Å². The van der Waals surface area contributed by atoms with E-state index in [1.54, 1.807) is 0 Å². The van der Waals surface area contributed by atoms with Crippen molar-refractivity contribution >= 4 is 11.8 Å². The van der Waals surface area contributed by atoms with Gasteiger partial charge in [-0.05, 0) is 24.6 Å². The van der Waals surface area contributed by atoms with Crippen LogP contribution >= 0.6 is 11.8 Å². The zero-order chi connectivity index (χ0) is 13.8. The highest BCUT2D eigenvalue weighted by Crippen LogP contribution is 2.36. The van der Waals surface area contributed by atoms with Gasteiger partial charge in [-0.3, -0.25) is 4.90 Å². The molecule has 2 aliphatic rings. The maximum atomic E-state index is 5.83. The Morgan fingerprint density at radius 3 is 3.10 bits per heavy atom. The van der Waals surface area contributed by atoms with Gasteiger partial charge in [0.2, 0.25) is 0 Å². The summed E-state index contributed by atoms with van der Waals surface area (Å²) < 4.78 is 5.83. The number of likely N-dealkylation sites (N-methyl/N-ethyl adjacent to an activating group) is 1. The molecule has 2 aliphatic heterocycles. The van der Waals surface area contributed by atoms with E-state index in [-0.39, 0.29) is 0 Å². The van der Waals surface area contributed by atoms with Crippen LogP contribution in [0.5, 0.6) is 0 Å². The Morgan fingerprint density at radius 1 is 1.35 bits per heavy atom. The van der Waals surface area contributed by atoms with Crippen LogP contribution in [-0.4, -0.2) is 55.6 Å². The van der Waals surface area contributed by atoms with Crippen molar-refractivity contribution in [1.29, 1.82) is 0 Å². The average molecular weight is 292 g/mol. The number of hydrogen-bond donors (Lipinski definition) is 1. The second-order valence-corrected chi connectivity index (χ2v) is 6.94. The van der Waals surface area contributed by atoms with Gasteiger partial charge in [-0.2, -0.15) is 0 Å². The molecule has 2 unspecified atom stereocenters. The van der Waals surface area contributed by atoms with Crippen molar-refractivity contribution in [1.82, 2.24) is 10.2 Å². The molecule has 0 radical (unpaired) electrons. The lowest BCUT2D eigenvalue weighted by Gasteiger charge is -2.32. The van der Waals surface area contributed by atoms with Gasteiger partial charge in [0.25, 0.3) is 0 Å². The molecular weight excluding hydrogens is 268 g/mol. The zero-order valence-corrected chi connectivity index (χ0v) is 13.0. The Kier molecular flexibility index (Phi) is 4.99. The van der Waals surface area contributed by atoms with Crippen LogP contribution in [0, 0.1) is 0 Å². The van der Waals surface area contributed by atoms with E-state index in [2.05, 4.69) is 41.4 Å². The molecular formula is C16H24N2OS. The fourth-order valence-corrected chi connectivity index (χ4v) is 4.25. The first-order valence-electron chi connectivity index (χ1n) is 7.64. The van der Waals surface area contributed by atoms with E-state index in [9.17, 15) is 0 Å². The molecule has 0 bridgehead atoms. The number of nitrogens with zero attached hydrogens (tertiary/aromatic N) is 1. The SMILES string of the molecule is CCN1CCOC(CNCC2Cc3ccccc3S2)C1. The number of rotatable bonds is 5. The smallest absolute Gasteiger partial charge is 0.0826 e. The van der Waals surface area contributed by atoms with Crippen LogP contribution in [-0.2, 0) is 11.2 Å². The Hall–Kier alpha value is -0.550. The standard InChI is InChI=1S/C16H24N2OS/c1-2-18-7-8-19-14(12-18)10-17-11-15-9-13-5-3-4-6-16(13)20-15/h3-6,14-15,17H,2,7-12H2,1H3. The number of nitrogens with one attached hydrogen (secondary N) is 1. The molecule has 20 heavy (non-hydrogen) atoms. The minimum Gasteiger partial charge on any atom is -0.374 e. The van der Waals surface area contributed by atoms with Gasteiger partial charge in [0.1, 0.15) is 0 Å². The molecule has 110 valence electrons. The molecule has 1 saturated heterocycles. The second kappa shape index (κ2) is 6.94. The first kappa shape index (κ1) is 14.4. The molecule has 0 amide bonds. The van der Waals surface area contributed by atoms with Crippen LogP contribution in [0.4, 0.5) is 0 Å². The van der Waals surface area contributed by atoms with E-state index in [1.165, 1.54) is 16.9 Å². The third-order valence-corrected chi connectivity index (χ3v) is 5.45. The van der Waals surface area contributed by atoms with E-state index >= 15 is 0 Å².